The Balaban J connectivity index is 1.75. The number of thioether (sulfide) groups is 1. The van der Waals surface area contributed by atoms with Gasteiger partial charge in [-0.1, -0.05) is 42.1 Å². The third-order valence-corrected chi connectivity index (χ3v) is 5.27. The Labute approximate surface area is 173 Å². The number of nitrogens with two attached hydrogens (primary N) is 1. The molecule has 0 unspecified atom stereocenters. The summed E-state index contributed by atoms with van der Waals surface area (Å²) in [6, 6.07) is 12.2. The molecule has 4 aromatic rings. The van der Waals surface area contributed by atoms with Crippen molar-refractivity contribution in [3.05, 3.63) is 53.5 Å². The first kappa shape index (κ1) is 19.1. The summed E-state index contributed by atoms with van der Waals surface area (Å²) in [5.74, 6) is 1.86. The van der Waals surface area contributed by atoms with Gasteiger partial charge in [-0.2, -0.15) is 20.1 Å². The van der Waals surface area contributed by atoms with Crippen LogP contribution >= 0.6 is 11.8 Å². The van der Waals surface area contributed by atoms with E-state index in [4.69, 9.17) is 15.8 Å². The smallest absolute Gasteiger partial charge is 0.229 e. The number of hydrogen-bond acceptors (Lipinski definition) is 8. The molecule has 29 heavy (non-hydrogen) atoms. The highest BCUT2D eigenvalue weighted by Gasteiger charge is 2.17. The number of aromatic nitrogens is 6. The topological polar surface area (TPSA) is 98.1 Å². The van der Waals surface area contributed by atoms with Crippen LogP contribution in [0.3, 0.4) is 0 Å². The molecule has 148 valence electrons. The molecule has 0 saturated heterocycles. The molecule has 0 spiro atoms. The normalized spacial score (nSPS) is 11.2. The van der Waals surface area contributed by atoms with Crippen LogP contribution in [0.15, 0.2) is 41.6 Å². The van der Waals surface area contributed by atoms with Crippen molar-refractivity contribution in [1.82, 2.24) is 29.5 Å². The number of benzene rings is 1. The summed E-state index contributed by atoms with van der Waals surface area (Å²) in [6.45, 7) is 4.07. The SMILES string of the molecule is Cc1cc(C)c2c(-c3ccccc3)nc(SCc3nc(N)nc(N(C)C)n3)n2n1. The number of nitrogen functional groups attached to an aromatic ring is 1. The van der Waals surface area contributed by atoms with Crippen LogP contribution in [0.5, 0.6) is 0 Å². The fraction of sp³-hybridized carbons (Fsp3) is 0.250. The van der Waals surface area contributed by atoms with Gasteiger partial charge in [0.15, 0.2) is 5.16 Å². The lowest BCUT2D eigenvalue weighted by Crippen LogP contribution is -2.16. The summed E-state index contributed by atoms with van der Waals surface area (Å²) >= 11 is 1.53. The summed E-state index contributed by atoms with van der Waals surface area (Å²) in [6.07, 6.45) is 0. The van der Waals surface area contributed by atoms with Crippen LogP contribution in [-0.2, 0) is 5.75 Å². The molecule has 0 aliphatic carbocycles. The molecular formula is C20H22N8S. The Bertz CT molecular complexity index is 1170. The molecular weight excluding hydrogens is 384 g/mol. The third kappa shape index (κ3) is 3.86. The van der Waals surface area contributed by atoms with Crippen molar-refractivity contribution in [2.24, 2.45) is 0 Å². The Kier molecular flexibility index (Phi) is 5.06. The number of anilines is 2. The maximum atomic E-state index is 5.85. The van der Waals surface area contributed by atoms with E-state index in [1.807, 2.05) is 43.7 Å². The fourth-order valence-corrected chi connectivity index (χ4v) is 3.91. The summed E-state index contributed by atoms with van der Waals surface area (Å²) in [5, 5.41) is 5.49. The predicted molar refractivity (Wildman–Crippen MR) is 116 cm³/mol. The summed E-state index contributed by atoms with van der Waals surface area (Å²) < 4.78 is 1.91. The quantitative estimate of drug-likeness (QED) is 0.505. The number of rotatable bonds is 5. The van der Waals surface area contributed by atoms with Crippen LogP contribution in [0.25, 0.3) is 16.8 Å². The Hall–Kier alpha value is -3.20. The van der Waals surface area contributed by atoms with Gasteiger partial charge in [0.05, 0.1) is 22.7 Å². The van der Waals surface area contributed by atoms with Crippen LogP contribution < -0.4 is 10.6 Å². The summed E-state index contributed by atoms with van der Waals surface area (Å²) in [7, 11) is 3.74. The first-order chi connectivity index (χ1) is 13.9. The minimum absolute atomic E-state index is 0.210. The molecule has 0 radical (unpaired) electrons. The molecule has 0 fully saturated rings. The van der Waals surface area contributed by atoms with E-state index in [1.54, 1.807) is 4.90 Å². The van der Waals surface area contributed by atoms with E-state index < -0.39 is 0 Å². The second kappa shape index (κ2) is 7.67. The molecule has 2 N–H and O–H groups in total. The van der Waals surface area contributed by atoms with Gasteiger partial charge in [0, 0.05) is 19.7 Å². The van der Waals surface area contributed by atoms with Crippen molar-refractivity contribution < 1.29 is 0 Å². The van der Waals surface area contributed by atoms with E-state index in [0.29, 0.717) is 17.5 Å². The van der Waals surface area contributed by atoms with Crippen molar-refractivity contribution in [3.8, 4) is 11.3 Å². The van der Waals surface area contributed by atoms with Crippen molar-refractivity contribution >= 4 is 29.2 Å². The Morgan fingerprint density at radius 2 is 1.79 bits per heavy atom. The van der Waals surface area contributed by atoms with Gasteiger partial charge in [-0.05, 0) is 25.5 Å². The first-order valence-corrected chi connectivity index (χ1v) is 10.1. The van der Waals surface area contributed by atoms with Gasteiger partial charge in [-0.15, -0.1) is 0 Å². The number of nitrogens with zero attached hydrogens (tertiary/aromatic N) is 7. The molecule has 0 atom stereocenters. The number of fused-ring (bicyclic) bond motifs is 1. The molecule has 0 bridgehead atoms. The van der Waals surface area contributed by atoms with E-state index >= 15 is 0 Å². The maximum Gasteiger partial charge on any atom is 0.229 e. The minimum Gasteiger partial charge on any atom is -0.368 e. The molecule has 4 rings (SSSR count). The lowest BCUT2D eigenvalue weighted by molar-refractivity contribution is 0.792. The van der Waals surface area contributed by atoms with Gasteiger partial charge in [0.2, 0.25) is 11.9 Å². The first-order valence-electron chi connectivity index (χ1n) is 9.15. The zero-order valence-corrected chi connectivity index (χ0v) is 17.6. The fourth-order valence-electron chi connectivity index (χ4n) is 3.12. The van der Waals surface area contributed by atoms with Crippen molar-refractivity contribution in [3.63, 3.8) is 0 Å². The average molecular weight is 407 g/mol. The van der Waals surface area contributed by atoms with Crippen molar-refractivity contribution in [1.29, 1.82) is 0 Å². The molecule has 0 aliphatic rings. The highest BCUT2D eigenvalue weighted by molar-refractivity contribution is 7.98. The Morgan fingerprint density at radius 3 is 2.52 bits per heavy atom. The van der Waals surface area contributed by atoms with Crippen LogP contribution in [-0.4, -0.2) is 43.6 Å². The molecule has 0 amide bonds. The number of hydrogen-bond donors (Lipinski definition) is 1. The van der Waals surface area contributed by atoms with Crippen LogP contribution in [0.1, 0.15) is 17.1 Å². The summed E-state index contributed by atoms with van der Waals surface area (Å²) in [4.78, 5) is 19.6. The van der Waals surface area contributed by atoms with Crippen LogP contribution in [0.2, 0.25) is 0 Å². The van der Waals surface area contributed by atoms with Gasteiger partial charge in [0.1, 0.15) is 5.82 Å². The highest BCUT2D eigenvalue weighted by atomic mass is 32.2. The minimum atomic E-state index is 0.210. The number of aryl methyl sites for hydroxylation is 2. The molecule has 0 aliphatic heterocycles. The van der Waals surface area contributed by atoms with E-state index in [-0.39, 0.29) is 5.95 Å². The van der Waals surface area contributed by atoms with Gasteiger partial charge >= 0.3 is 0 Å². The standard InChI is InChI=1S/C20H22N8S/c1-12-10-13(2)26-28-17(12)16(14-8-6-5-7-9-14)24-20(28)29-11-15-22-18(21)25-19(23-15)27(3)4/h5-10H,11H2,1-4H3,(H2,21,22,23,25). The van der Waals surface area contributed by atoms with Gasteiger partial charge in [0.25, 0.3) is 0 Å². The molecule has 3 aromatic heterocycles. The second-order valence-electron chi connectivity index (χ2n) is 6.93. The summed E-state index contributed by atoms with van der Waals surface area (Å²) in [5.41, 5.74) is 10.9. The lowest BCUT2D eigenvalue weighted by atomic mass is 10.1. The van der Waals surface area contributed by atoms with E-state index in [2.05, 4.69) is 40.1 Å². The highest BCUT2D eigenvalue weighted by Crippen LogP contribution is 2.31. The zero-order chi connectivity index (χ0) is 20.5. The van der Waals surface area contributed by atoms with Gasteiger partial charge in [-0.3, -0.25) is 0 Å². The monoisotopic (exact) mass is 406 g/mol. The molecule has 8 nitrogen and oxygen atoms in total. The van der Waals surface area contributed by atoms with Gasteiger partial charge in [-0.25, -0.2) is 9.50 Å². The van der Waals surface area contributed by atoms with Gasteiger partial charge < -0.3 is 10.6 Å². The molecule has 0 saturated carbocycles. The lowest BCUT2D eigenvalue weighted by Gasteiger charge is -2.11. The van der Waals surface area contributed by atoms with Crippen LogP contribution in [0, 0.1) is 13.8 Å². The molecule has 9 heteroatoms. The van der Waals surface area contributed by atoms with E-state index in [1.165, 1.54) is 11.8 Å². The second-order valence-corrected chi connectivity index (χ2v) is 7.87. The van der Waals surface area contributed by atoms with E-state index in [0.717, 1.165) is 33.2 Å². The largest absolute Gasteiger partial charge is 0.368 e. The average Bonchev–Trinajstić information content (AvgIpc) is 3.05. The molecule has 1 aromatic carbocycles. The molecule has 3 heterocycles. The third-order valence-electron chi connectivity index (χ3n) is 4.35. The van der Waals surface area contributed by atoms with E-state index in [9.17, 15) is 0 Å². The van der Waals surface area contributed by atoms with Crippen molar-refractivity contribution in [2.45, 2.75) is 24.8 Å². The van der Waals surface area contributed by atoms with Crippen LogP contribution in [0.4, 0.5) is 11.9 Å². The van der Waals surface area contributed by atoms with Crippen molar-refractivity contribution in [2.75, 3.05) is 24.7 Å². The maximum absolute atomic E-state index is 5.85. The zero-order valence-electron chi connectivity index (χ0n) is 16.8. The Morgan fingerprint density at radius 1 is 1.03 bits per heavy atom. The number of imidazole rings is 1. The predicted octanol–water partition coefficient (Wildman–Crippen LogP) is 3.14.